The van der Waals surface area contributed by atoms with Crippen molar-refractivity contribution in [3.05, 3.63) is 36.4 Å². The molecular formula is C10H14N2O. The van der Waals surface area contributed by atoms with Crippen LogP contribution in [0, 0.1) is 0 Å². The van der Waals surface area contributed by atoms with Gasteiger partial charge in [-0.25, -0.2) is 5.84 Å². The second kappa shape index (κ2) is 5.32. The van der Waals surface area contributed by atoms with E-state index < -0.39 is 0 Å². The number of nitrogens with two attached hydrogens (primary N) is 1. The number of hydrazine groups is 1. The van der Waals surface area contributed by atoms with E-state index in [1.165, 1.54) is 5.01 Å². The highest BCUT2D eigenvalue weighted by molar-refractivity contribution is 5.77. The Labute approximate surface area is 78.1 Å². The van der Waals surface area contributed by atoms with Crippen LogP contribution in [0.1, 0.15) is 12.8 Å². The lowest BCUT2D eigenvalue weighted by molar-refractivity contribution is -0.127. The van der Waals surface area contributed by atoms with Crippen molar-refractivity contribution in [1.82, 2.24) is 5.01 Å². The molecule has 1 amide bonds. The molecular weight excluding hydrogens is 164 g/mol. The van der Waals surface area contributed by atoms with Crippen LogP contribution in [0.2, 0.25) is 0 Å². The number of hydrogen-bond donors (Lipinski definition) is 1. The van der Waals surface area contributed by atoms with Crippen LogP contribution >= 0.6 is 0 Å². The highest BCUT2D eigenvalue weighted by Crippen LogP contribution is 2.02. The maximum absolute atomic E-state index is 10.4. The van der Waals surface area contributed by atoms with Crippen LogP contribution in [0.15, 0.2) is 36.4 Å². The minimum atomic E-state index is 0.0694. The zero-order chi connectivity index (χ0) is 9.52. The van der Waals surface area contributed by atoms with Crippen LogP contribution in [0.4, 0.5) is 0 Å². The van der Waals surface area contributed by atoms with Gasteiger partial charge in [-0.3, -0.25) is 9.80 Å². The van der Waals surface area contributed by atoms with Crippen molar-refractivity contribution >= 4 is 5.91 Å². The van der Waals surface area contributed by atoms with Crippen molar-refractivity contribution < 1.29 is 4.79 Å². The van der Waals surface area contributed by atoms with Gasteiger partial charge in [-0.15, -0.1) is 0 Å². The van der Waals surface area contributed by atoms with Crippen molar-refractivity contribution in [2.75, 3.05) is 6.54 Å². The number of carbonyl (C=O) groups is 1. The SMILES string of the molecule is NN1CCCC1=O.c1ccccc1. The van der Waals surface area contributed by atoms with E-state index in [0.29, 0.717) is 6.42 Å². The molecule has 1 heterocycles. The molecule has 70 valence electrons. The molecule has 1 aromatic rings. The third-order valence-corrected chi connectivity index (χ3v) is 1.78. The molecule has 0 radical (unpaired) electrons. The summed E-state index contributed by atoms with van der Waals surface area (Å²) in [4.78, 5) is 10.4. The second-order valence-electron chi connectivity index (χ2n) is 2.85. The number of hydrogen-bond acceptors (Lipinski definition) is 2. The molecule has 0 spiro atoms. The average Bonchev–Trinajstić information content (AvgIpc) is 2.55. The summed E-state index contributed by atoms with van der Waals surface area (Å²) in [5, 5.41) is 1.26. The minimum absolute atomic E-state index is 0.0694. The highest BCUT2D eigenvalue weighted by atomic mass is 16.2. The molecule has 0 atom stereocenters. The Morgan fingerprint density at radius 3 is 1.69 bits per heavy atom. The summed E-state index contributed by atoms with van der Waals surface area (Å²) in [6.45, 7) is 0.735. The standard InChI is InChI=1S/C6H6.C4H8N2O/c1-2-4-6-5-3-1;5-6-3-1-2-4(6)7/h1-6H;1-3,5H2. The first-order valence-corrected chi connectivity index (χ1v) is 4.36. The first kappa shape index (κ1) is 9.74. The monoisotopic (exact) mass is 178 g/mol. The van der Waals surface area contributed by atoms with Crippen LogP contribution in [0.5, 0.6) is 0 Å². The summed E-state index contributed by atoms with van der Waals surface area (Å²) >= 11 is 0. The molecule has 0 aliphatic carbocycles. The smallest absolute Gasteiger partial charge is 0.236 e. The van der Waals surface area contributed by atoms with Gasteiger partial charge in [-0.05, 0) is 6.42 Å². The number of nitrogens with zero attached hydrogens (tertiary/aromatic N) is 1. The summed E-state index contributed by atoms with van der Waals surface area (Å²) in [7, 11) is 0. The Balaban J connectivity index is 0.000000132. The predicted molar refractivity (Wildman–Crippen MR) is 51.6 cm³/mol. The number of benzene rings is 1. The maximum atomic E-state index is 10.4. The summed E-state index contributed by atoms with van der Waals surface area (Å²) < 4.78 is 0. The second-order valence-corrected chi connectivity index (χ2v) is 2.85. The Hall–Kier alpha value is -1.35. The molecule has 0 saturated carbocycles. The minimum Gasteiger partial charge on any atom is -0.281 e. The molecule has 2 N–H and O–H groups in total. The van der Waals surface area contributed by atoms with Crippen LogP contribution < -0.4 is 5.84 Å². The van der Waals surface area contributed by atoms with E-state index in [0.717, 1.165) is 13.0 Å². The van der Waals surface area contributed by atoms with Crippen molar-refractivity contribution in [2.24, 2.45) is 5.84 Å². The van der Waals surface area contributed by atoms with Gasteiger partial charge >= 0.3 is 0 Å². The van der Waals surface area contributed by atoms with Gasteiger partial charge in [-0.1, -0.05) is 36.4 Å². The lowest BCUT2D eigenvalue weighted by Crippen LogP contribution is -2.31. The van der Waals surface area contributed by atoms with E-state index in [4.69, 9.17) is 5.84 Å². The largest absolute Gasteiger partial charge is 0.281 e. The molecule has 0 aromatic heterocycles. The fraction of sp³-hybridized carbons (Fsp3) is 0.300. The van der Waals surface area contributed by atoms with Crippen molar-refractivity contribution in [1.29, 1.82) is 0 Å². The molecule has 2 rings (SSSR count). The maximum Gasteiger partial charge on any atom is 0.236 e. The summed E-state index contributed by atoms with van der Waals surface area (Å²) in [6, 6.07) is 12.0. The van der Waals surface area contributed by atoms with Crippen LogP contribution in [-0.2, 0) is 4.79 Å². The Morgan fingerprint density at radius 1 is 1.08 bits per heavy atom. The summed E-state index contributed by atoms with van der Waals surface area (Å²) in [6.07, 6.45) is 1.56. The van der Waals surface area contributed by atoms with Crippen molar-refractivity contribution in [3.63, 3.8) is 0 Å². The zero-order valence-electron chi connectivity index (χ0n) is 7.52. The molecule has 1 saturated heterocycles. The van der Waals surface area contributed by atoms with E-state index in [2.05, 4.69) is 0 Å². The Bertz CT molecular complexity index is 222. The summed E-state index contributed by atoms with van der Waals surface area (Å²) in [5.41, 5.74) is 0. The Morgan fingerprint density at radius 2 is 1.54 bits per heavy atom. The normalized spacial score (nSPS) is 15.2. The lowest BCUT2D eigenvalue weighted by atomic mass is 10.4. The van der Waals surface area contributed by atoms with E-state index in [1.54, 1.807) is 0 Å². The highest BCUT2D eigenvalue weighted by Gasteiger charge is 2.15. The first-order valence-electron chi connectivity index (χ1n) is 4.36. The van der Waals surface area contributed by atoms with E-state index in [9.17, 15) is 4.79 Å². The molecule has 0 bridgehead atoms. The third-order valence-electron chi connectivity index (χ3n) is 1.78. The lowest BCUT2D eigenvalue weighted by Gasteiger charge is -2.03. The number of carbonyl (C=O) groups excluding carboxylic acids is 1. The molecule has 3 heteroatoms. The Kier molecular flexibility index (Phi) is 3.99. The van der Waals surface area contributed by atoms with Crippen molar-refractivity contribution in [3.8, 4) is 0 Å². The molecule has 0 unspecified atom stereocenters. The van der Waals surface area contributed by atoms with Gasteiger partial charge in [0.25, 0.3) is 0 Å². The fourth-order valence-electron chi connectivity index (χ4n) is 1.05. The quantitative estimate of drug-likeness (QED) is 0.479. The van der Waals surface area contributed by atoms with Gasteiger partial charge in [0, 0.05) is 13.0 Å². The van der Waals surface area contributed by atoms with Crippen molar-refractivity contribution in [2.45, 2.75) is 12.8 Å². The van der Waals surface area contributed by atoms with Gasteiger partial charge in [-0.2, -0.15) is 0 Å². The third kappa shape index (κ3) is 3.71. The molecule has 1 aromatic carbocycles. The molecule has 1 aliphatic heterocycles. The van der Waals surface area contributed by atoms with Crippen LogP contribution in [0.3, 0.4) is 0 Å². The van der Waals surface area contributed by atoms with E-state index >= 15 is 0 Å². The molecule has 3 nitrogen and oxygen atoms in total. The van der Waals surface area contributed by atoms with Gasteiger partial charge in [0.2, 0.25) is 5.91 Å². The van der Waals surface area contributed by atoms with Crippen LogP contribution in [-0.4, -0.2) is 17.5 Å². The van der Waals surface area contributed by atoms with Gasteiger partial charge in [0.1, 0.15) is 0 Å². The zero-order valence-corrected chi connectivity index (χ0v) is 7.52. The first-order chi connectivity index (χ1) is 6.30. The number of amides is 1. The molecule has 1 aliphatic rings. The van der Waals surface area contributed by atoms with Gasteiger partial charge in [0.15, 0.2) is 0 Å². The fourth-order valence-corrected chi connectivity index (χ4v) is 1.05. The number of rotatable bonds is 0. The topological polar surface area (TPSA) is 46.3 Å². The van der Waals surface area contributed by atoms with Gasteiger partial charge < -0.3 is 0 Å². The average molecular weight is 178 g/mol. The van der Waals surface area contributed by atoms with E-state index in [1.807, 2.05) is 36.4 Å². The predicted octanol–water partition coefficient (Wildman–Crippen LogP) is 1.17. The van der Waals surface area contributed by atoms with E-state index in [-0.39, 0.29) is 5.91 Å². The van der Waals surface area contributed by atoms with Crippen LogP contribution in [0.25, 0.3) is 0 Å². The van der Waals surface area contributed by atoms with Gasteiger partial charge in [0.05, 0.1) is 0 Å². The molecule has 1 fully saturated rings. The summed E-state index contributed by atoms with van der Waals surface area (Å²) in [5.74, 6) is 5.23. The molecule has 13 heavy (non-hydrogen) atoms.